The topological polar surface area (TPSA) is 60.1 Å². The van der Waals surface area contributed by atoms with Crippen molar-refractivity contribution in [2.24, 2.45) is 12.0 Å². The normalized spacial score (nSPS) is 12.1. The Kier molecular flexibility index (Phi) is 3.24. The number of hydrogen-bond donors (Lipinski definition) is 0. The van der Waals surface area contributed by atoms with Crippen molar-refractivity contribution < 1.29 is 4.79 Å². The summed E-state index contributed by atoms with van der Waals surface area (Å²) in [5.74, 6) is -0.278. The monoisotopic (exact) mass is 320 g/mol. The molecule has 4 rings (SSSR count). The van der Waals surface area contributed by atoms with Gasteiger partial charge in [0.1, 0.15) is 0 Å². The summed E-state index contributed by atoms with van der Waals surface area (Å²) in [6.07, 6.45) is 3.24. The van der Waals surface area contributed by atoms with E-state index >= 15 is 0 Å². The van der Waals surface area contributed by atoms with Gasteiger partial charge in [-0.1, -0.05) is 23.5 Å². The Morgan fingerprint density at radius 2 is 1.87 bits per heavy atom. The maximum absolute atomic E-state index is 12.5. The number of rotatable bonds is 1. The van der Waals surface area contributed by atoms with Crippen molar-refractivity contribution in [2.75, 3.05) is 0 Å². The number of hydrogen-bond acceptors (Lipinski definition) is 4. The Labute approximate surface area is 135 Å². The molecular weight excluding hydrogens is 308 g/mol. The van der Waals surface area contributed by atoms with Crippen LogP contribution >= 0.6 is 11.3 Å². The molecule has 5 nitrogen and oxygen atoms in total. The summed E-state index contributed by atoms with van der Waals surface area (Å²) in [4.78, 5) is 25.8. The first kappa shape index (κ1) is 13.8. The van der Waals surface area contributed by atoms with Gasteiger partial charge in [-0.2, -0.15) is 4.99 Å². The molecule has 0 saturated heterocycles. The maximum atomic E-state index is 12.5. The Morgan fingerprint density at radius 1 is 1.09 bits per heavy atom. The van der Waals surface area contributed by atoms with Crippen LogP contribution in [0.2, 0.25) is 0 Å². The quantitative estimate of drug-likeness (QED) is 0.542. The number of para-hydroxylation sites is 1. The minimum atomic E-state index is -0.278. The van der Waals surface area contributed by atoms with Gasteiger partial charge < -0.3 is 4.57 Å². The van der Waals surface area contributed by atoms with E-state index in [1.54, 1.807) is 30.6 Å². The molecule has 112 valence electrons. The highest BCUT2D eigenvalue weighted by Crippen LogP contribution is 2.16. The van der Waals surface area contributed by atoms with Crippen LogP contribution in [-0.4, -0.2) is 20.4 Å². The number of aromatic nitrogens is 3. The van der Waals surface area contributed by atoms with E-state index in [1.165, 1.54) is 11.3 Å². The lowest BCUT2D eigenvalue weighted by molar-refractivity contribution is 0.0998. The third kappa shape index (κ3) is 2.43. The van der Waals surface area contributed by atoms with E-state index in [0.29, 0.717) is 15.9 Å². The van der Waals surface area contributed by atoms with E-state index in [4.69, 9.17) is 0 Å². The lowest BCUT2D eigenvalue weighted by Gasteiger charge is -1.98. The zero-order valence-corrected chi connectivity index (χ0v) is 13.1. The lowest BCUT2D eigenvalue weighted by atomic mass is 10.2. The summed E-state index contributed by atoms with van der Waals surface area (Å²) in [5.41, 5.74) is 3.02. The van der Waals surface area contributed by atoms with Crippen LogP contribution in [0.15, 0.2) is 59.9 Å². The molecule has 0 aliphatic rings. The number of amides is 1. The fourth-order valence-corrected chi connectivity index (χ4v) is 3.45. The van der Waals surface area contributed by atoms with Gasteiger partial charge in [0.2, 0.25) is 0 Å². The van der Waals surface area contributed by atoms with Crippen LogP contribution in [0.4, 0.5) is 0 Å². The molecule has 23 heavy (non-hydrogen) atoms. The first-order valence-corrected chi connectivity index (χ1v) is 7.88. The smallest absolute Gasteiger partial charge is 0.279 e. The number of fused-ring (bicyclic) bond motifs is 2. The molecule has 4 aromatic rings. The molecule has 6 heteroatoms. The first-order valence-electron chi connectivity index (χ1n) is 7.07. The molecule has 0 aliphatic carbocycles. The Morgan fingerprint density at radius 3 is 2.70 bits per heavy atom. The molecule has 0 spiro atoms. The van der Waals surface area contributed by atoms with Crippen LogP contribution in [0.3, 0.4) is 0 Å². The van der Waals surface area contributed by atoms with E-state index in [-0.39, 0.29) is 5.91 Å². The summed E-state index contributed by atoms with van der Waals surface area (Å²) in [5, 5.41) is 0. The fourth-order valence-electron chi connectivity index (χ4n) is 2.44. The SMILES string of the molecule is Cn1c(=NC(=O)c2ccc3nccnc3c2)sc2ccccc21. The standard InChI is InChI=1S/C17H12N4OS/c1-21-14-4-2-3-5-15(14)23-17(21)20-16(22)11-6-7-12-13(10-11)19-9-8-18-12/h2-10H,1H3. The summed E-state index contributed by atoms with van der Waals surface area (Å²) < 4.78 is 3.03. The molecule has 0 aliphatic heterocycles. The van der Waals surface area contributed by atoms with Gasteiger partial charge in [0.15, 0.2) is 4.80 Å². The molecule has 2 aromatic carbocycles. The summed E-state index contributed by atoms with van der Waals surface area (Å²) >= 11 is 1.50. The Bertz CT molecular complexity index is 1110. The molecule has 0 unspecified atom stereocenters. The second kappa shape index (κ2) is 5.40. The number of benzene rings is 2. The highest BCUT2D eigenvalue weighted by atomic mass is 32.1. The molecule has 0 fully saturated rings. The van der Waals surface area contributed by atoms with Crippen molar-refractivity contribution in [3.63, 3.8) is 0 Å². The lowest BCUT2D eigenvalue weighted by Crippen LogP contribution is -2.13. The van der Waals surface area contributed by atoms with Gasteiger partial charge in [-0.25, -0.2) is 0 Å². The van der Waals surface area contributed by atoms with Crippen LogP contribution in [0.1, 0.15) is 10.4 Å². The molecule has 0 radical (unpaired) electrons. The Balaban J connectivity index is 1.82. The zero-order chi connectivity index (χ0) is 15.8. The van der Waals surface area contributed by atoms with Gasteiger partial charge in [-0.15, -0.1) is 0 Å². The second-order valence-electron chi connectivity index (χ2n) is 5.09. The van der Waals surface area contributed by atoms with Crippen LogP contribution in [0.25, 0.3) is 21.3 Å². The molecule has 0 saturated carbocycles. The van der Waals surface area contributed by atoms with Gasteiger partial charge in [0.05, 0.1) is 21.3 Å². The predicted molar refractivity (Wildman–Crippen MR) is 90.2 cm³/mol. The molecule has 0 atom stereocenters. The van der Waals surface area contributed by atoms with Gasteiger partial charge >= 0.3 is 0 Å². The first-order chi connectivity index (χ1) is 11.2. The fraction of sp³-hybridized carbons (Fsp3) is 0.0588. The van der Waals surface area contributed by atoms with Crippen LogP contribution < -0.4 is 4.80 Å². The predicted octanol–water partition coefficient (Wildman–Crippen LogP) is 2.92. The average molecular weight is 320 g/mol. The van der Waals surface area contributed by atoms with Gasteiger partial charge in [-0.05, 0) is 30.3 Å². The highest BCUT2D eigenvalue weighted by molar-refractivity contribution is 7.16. The van der Waals surface area contributed by atoms with E-state index in [0.717, 1.165) is 15.7 Å². The summed E-state index contributed by atoms with van der Waals surface area (Å²) in [6.45, 7) is 0. The number of thiazole rings is 1. The highest BCUT2D eigenvalue weighted by Gasteiger charge is 2.08. The molecule has 1 amide bonds. The van der Waals surface area contributed by atoms with Gasteiger partial charge in [0, 0.05) is 25.0 Å². The zero-order valence-electron chi connectivity index (χ0n) is 12.3. The minimum Gasteiger partial charge on any atom is -0.319 e. The molecule has 2 heterocycles. The van der Waals surface area contributed by atoms with E-state index in [9.17, 15) is 4.79 Å². The number of nitrogens with zero attached hydrogens (tertiary/aromatic N) is 4. The largest absolute Gasteiger partial charge is 0.319 e. The third-order valence-corrected chi connectivity index (χ3v) is 4.74. The number of carbonyl (C=O) groups excluding carboxylic acids is 1. The molecular formula is C17H12N4OS. The maximum Gasteiger partial charge on any atom is 0.279 e. The Hall–Kier alpha value is -2.86. The second-order valence-corrected chi connectivity index (χ2v) is 6.10. The number of carbonyl (C=O) groups is 1. The molecule has 2 aromatic heterocycles. The van der Waals surface area contributed by atoms with Crippen LogP contribution in [-0.2, 0) is 7.05 Å². The third-order valence-electron chi connectivity index (χ3n) is 3.63. The minimum absolute atomic E-state index is 0.278. The van der Waals surface area contributed by atoms with Crippen molar-refractivity contribution in [3.05, 3.63) is 65.2 Å². The average Bonchev–Trinajstić information content (AvgIpc) is 2.91. The van der Waals surface area contributed by atoms with Gasteiger partial charge in [-0.3, -0.25) is 14.8 Å². The van der Waals surface area contributed by atoms with Crippen LogP contribution in [0, 0.1) is 0 Å². The van der Waals surface area contributed by atoms with E-state index in [1.807, 2.05) is 35.9 Å². The molecule has 0 bridgehead atoms. The van der Waals surface area contributed by atoms with Crippen LogP contribution in [0.5, 0.6) is 0 Å². The number of aryl methyl sites for hydroxylation is 1. The van der Waals surface area contributed by atoms with E-state index < -0.39 is 0 Å². The van der Waals surface area contributed by atoms with E-state index in [2.05, 4.69) is 15.0 Å². The van der Waals surface area contributed by atoms with Crippen molar-refractivity contribution in [3.8, 4) is 0 Å². The van der Waals surface area contributed by atoms with Gasteiger partial charge in [0.25, 0.3) is 5.91 Å². The molecule has 0 N–H and O–H groups in total. The summed E-state index contributed by atoms with van der Waals surface area (Å²) in [6, 6.07) is 13.2. The summed E-state index contributed by atoms with van der Waals surface area (Å²) in [7, 11) is 1.91. The van der Waals surface area contributed by atoms with Crippen molar-refractivity contribution in [1.29, 1.82) is 0 Å². The van der Waals surface area contributed by atoms with Crippen molar-refractivity contribution in [1.82, 2.24) is 14.5 Å². The van der Waals surface area contributed by atoms with Crippen molar-refractivity contribution in [2.45, 2.75) is 0 Å². The van der Waals surface area contributed by atoms with Crippen molar-refractivity contribution >= 4 is 38.5 Å².